The van der Waals surface area contributed by atoms with Gasteiger partial charge >= 0.3 is 6.18 Å². The van der Waals surface area contributed by atoms with E-state index in [2.05, 4.69) is 5.32 Å². The van der Waals surface area contributed by atoms with E-state index in [0.29, 0.717) is 9.99 Å². The standard InChI is InChI=1S/C24H23F3N2O3S/c1-16-7-11-22(12-8-16)33(31,32)29(21-6-4-5-19(14-21)24(25,26)27)15-23(30)28-20-10-9-17(2)18(3)13-20/h4-14H,15H2,1-3H3,(H,28,30). The largest absolute Gasteiger partial charge is 0.416 e. The predicted octanol–water partition coefficient (Wildman–Crippen LogP) is 5.46. The van der Waals surface area contributed by atoms with Gasteiger partial charge in [0.05, 0.1) is 16.1 Å². The number of anilines is 2. The second-order valence-electron chi connectivity index (χ2n) is 7.72. The van der Waals surface area contributed by atoms with E-state index in [-0.39, 0.29) is 10.6 Å². The van der Waals surface area contributed by atoms with Gasteiger partial charge in [-0.25, -0.2) is 8.42 Å². The van der Waals surface area contributed by atoms with Crippen molar-refractivity contribution in [2.24, 2.45) is 0 Å². The molecule has 0 bridgehead atoms. The molecule has 5 nitrogen and oxygen atoms in total. The lowest BCUT2D eigenvalue weighted by molar-refractivity contribution is -0.137. The van der Waals surface area contributed by atoms with Crippen LogP contribution in [0.2, 0.25) is 0 Å². The summed E-state index contributed by atoms with van der Waals surface area (Å²) in [5.41, 5.74) is 1.93. The zero-order chi connectivity index (χ0) is 24.4. The summed E-state index contributed by atoms with van der Waals surface area (Å²) in [6.45, 7) is 4.84. The van der Waals surface area contributed by atoms with E-state index in [9.17, 15) is 26.4 Å². The first-order valence-corrected chi connectivity index (χ1v) is 11.5. The number of carbonyl (C=O) groups is 1. The molecule has 0 heterocycles. The third kappa shape index (κ3) is 5.73. The van der Waals surface area contributed by atoms with Crippen LogP contribution in [0.15, 0.2) is 71.6 Å². The maximum absolute atomic E-state index is 13.4. The minimum atomic E-state index is -4.67. The van der Waals surface area contributed by atoms with Crippen molar-refractivity contribution in [1.29, 1.82) is 0 Å². The van der Waals surface area contributed by atoms with Crippen LogP contribution >= 0.6 is 0 Å². The van der Waals surface area contributed by atoms with Gasteiger partial charge in [-0.2, -0.15) is 13.2 Å². The second kappa shape index (κ2) is 9.27. The Morgan fingerprint density at radius 1 is 0.909 bits per heavy atom. The molecule has 0 unspecified atom stereocenters. The van der Waals surface area contributed by atoms with Crippen LogP contribution in [0.5, 0.6) is 0 Å². The van der Waals surface area contributed by atoms with E-state index >= 15 is 0 Å². The molecule has 174 valence electrons. The molecule has 1 N–H and O–H groups in total. The van der Waals surface area contributed by atoms with Crippen LogP contribution in [0, 0.1) is 20.8 Å². The first kappa shape index (κ1) is 24.3. The lowest BCUT2D eigenvalue weighted by Gasteiger charge is -2.25. The predicted molar refractivity (Wildman–Crippen MR) is 122 cm³/mol. The molecule has 9 heteroatoms. The van der Waals surface area contributed by atoms with Gasteiger partial charge < -0.3 is 5.32 Å². The van der Waals surface area contributed by atoms with Gasteiger partial charge in [-0.1, -0.05) is 29.8 Å². The Labute approximate surface area is 190 Å². The summed E-state index contributed by atoms with van der Waals surface area (Å²) >= 11 is 0. The van der Waals surface area contributed by atoms with E-state index in [1.165, 1.54) is 18.2 Å². The average Bonchev–Trinajstić information content (AvgIpc) is 2.74. The van der Waals surface area contributed by atoms with Crippen molar-refractivity contribution in [3.05, 3.63) is 89.0 Å². The number of nitrogens with one attached hydrogen (secondary N) is 1. The summed E-state index contributed by atoms with van der Waals surface area (Å²) < 4.78 is 67.2. The fraction of sp³-hybridized carbons (Fsp3) is 0.208. The smallest absolute Gasteiger partial charge is 0.325 e. The molecule has 0 atom stereocenters. The number of alkyl halides is 3. The van der Waals surface area contributed by atoms with Gasteiger partial charge in [-0.15, -0.1) is 0 Å². The molecule has 0 aliphatic carbocycles. The fourth-order valence-corrected chi connectivity index (χ4v) is 4.55. The Bertz CT molecular complexity index is 1270. The van der Waals surface area contributed by atoms with Gasteiger partial charge in [-0.3, -0.25) is 9.10 Å². The summed E-state index contributed by atoms with van der Waals surface area (Å²) in [4.78, 5) is 12.6. The van der Waals surface area contributed by atoms with Gasteiger partial charge in [0.25, 0.3) is 10.0 Å². The third-order valence-corrected chi connectivity index (χ3v) is 6.94. The van der Waals surface area contributed by atoms with E-state index in [1.807, 2.05) is 13.8 Å². The summed E-state index contributed by atoms with van der Waals surface area (Å²) in [5, 5.41) is 2.62. The topological polar surface area (TPSA) is 66.5 Å². The van der Waals surface area contributed by atoms with Gasteiger partial charge in [-0.05, 0) is 74.4 Å². The van der Waals surface area contributed by atoms with Crippen molar-refractivity contribution in [3.63, 3.8) is 0 Å². The molecule has 0 saturated carbocycles. The number of amides is 1. The average molecular weight is 477 g/mol. The highest BCUT2D eigenvalue weighted by Crippen LogP contribution is 2.33. The van der Waals surface area contributed by atoms with Crippen LogP contribution in [-0.4, -0.2) is 20.9 Å². The molecular weight excluding hydrogens is 453 g/mol. The first-order valence-electron chi connectivity index (χ1n) is 10.0. The maximum atomic E-state index is 13.4. The molecular formula is C24H23F3N2O3S. The Morgan fingerprint density at radius 3 is 2.18 bits per heavy atom. The van der Waals surface area contributed by atoms with Crippen LogP contribution in [0.3, 0.4) is 0 Å². The van der Waals surface area contributed by atoms with Crippen molar-refractivity contribution in [2.45, 2.75) is 31.8 Å². The Morgan fingerprint density at radius 2 is 1.58 bits per heavy atom. The SMILES string of the molecule is Cc1ccc(S(=O)(=O)N(CC(=O)Nc2ccc(C)c(C)c2)c2cccc(C(F)(F)F)c2)cc1. The molecule has 3 aromatic carbocycles. The molecule has 3 rings (SSSR count). The van der Waals surface area contributed by atoms with Crippen molar-refractivity contribution < 1.29 is 26.4 Å². The summed E-state index contributed by atoms with van der Waals surface area (Å²) in [6, 6.07) is 15.0. The number of benzene rings is 3. The highest BCUT2D eigenvalue weighted by molar-refractivity contribution is 7.92. The molecule has 0 spiro atoms. The normalized spacial score (nSPS) is 11.8. The van der Waals surface area contributed by atoms with Gasteiger partial charge in [0, 0.05) is 5.69 Å². The van der Waals surface area contributed by atoms with E-state index < -0.39 is 34.2 Å². The molecule has 0 aliphatic heterocycles. The van der Waals surface area contributed by atoms with Gasteiger partial charge in [0.2, 0.25) is 5.91 Å². The van der Waals surface area contributed by atoms with Crippen LogP contribution in [0.4, 0.5) is 24.5 Å². The van der Waals surface area contributed by atoms with E-state index in [0.717, 1.165) is 34.9 Å². The number of rotatable bonds is 6. The van der Waals surface area contributed by atoms with Crippen molar-refractivity contribution in [2.75, 3.05) is 16.2 Å². The number of carbonyl (C=O) groups excluding carboxylic acids is 1. The summed E-state index contributed by atoms with van der Waals surface area (Å²) in [6.07, 6.45) is -4.67. The zero-order valence-electron chi connectivity index (χ0n) is 18.3. The lowest BCUT2D eigenvalue weighted by atomic mass is 10.1. The third-order valence-electron chi connectivity index (χ3n) is 5.15. The number of hydrogen-bond donors (Lipinski definition) is 1. The van der Waals surface area contributed by atoms with Crippen LogP contribution in [0.25, 0.3) is 0 Å². The quantitative estimate of drug-likeness (QED) is 0.514. The van der Waals surface area contributed by atoms with Crippen molar-refractivity contribution >= 4 is 27.3 Å². The zero-order valence-corrected chi connectivity index (χ0v) is 19.1. The monoisotopic (exact) mass is 476 g/mol. The molecule has 0 fully saturated rings. The number of nitrogens with zero attached hydrogens (tertiary/aromatic N) is 1. The Hall–Kier alpha value is -3.33. The second-order valence-corrected chi connectivity index (χ2v) is 9.58. The number of halogens is 3. The van der Waals surface area contributed by atoms with E-state index in [1.54, 1.807) is 37.3 Å². The van der Waals surface area contributed by atoms with E-state index in [4.69, 9.17) is 0 Å². The molecule has 0 aromatic heterocycles. The van der Waals surface area contributed by atoms with Crippen LogP contribution < -0.4 is 9.62 Å². The molecule has 1 amide bonds. The van der Waals surface area contributed by atoms with Gasteiger partial charge in [0.1, 0.15) is 6.54 Å². The van der Waals surface area contributed by atoms with Gasteiger partial charge in [0.15, 0.2) is 0 Å². The summed E-state index contributed by atoms with van der Waals surface area (Å²) in [5.74, 6) is -0.689. The van der Waals surface area contributed by atoms with Crippen molar-refractivity contribution in [3.8, 4) is 0 Å². The minimum Gasteiger partial charge on any atom is -0.325 e. The fourth-order valence-electron chi connectivity index (χ4n) is 3.14. The molecule has 33 heavy (non-hydrogen) atoms. The number of aryl methyl sites for hydroxylation is 3. The van der Waals surface area contributed by atoms with Crippen LogP contribution in [0.1, 0.15) is 22.3 Å². The minimum absolute atomic E-state index is 0.135. The van der Waals surface area contributed by atoms with Crippen molar-refractivity contribution in [1.82, 2.24) is 0 Å². The van der Waals surface area contributed by atoms with Crippen LogP contribution in [-0.2, 0) is 21.0 Å². The highest BCUT2D eigenvalue weighted by Gasteiger charge is 2.33. The number of hydrogen-bond acceptors (Lipinski definition) is 3. The highest BCUT2D eigenvalue weighted by atomic mass is 32.2. The molecule has 0 aliphatic rings. The lowest BCUT2D eigenvalue weighted by Crippen LogP contribution is -2.38. The Kier molecular flexibility index (Phi) is 6.83. The molecule has 0 saturated heterocycles. The number of sulfonamides is 1. The Balaban J connectivity index is 2.00. The molecule has 0 radical (unpaired) electrons. The molecule has 3 aromatic rings. The maximum Gasteiger partial charge on any atom is 0.416 e. The summed E-state index contributed by atoms with van der Waals surface area (Å²) in [7, 11) is -4.33. The first-order chi connectivity index (χ1) is 15.4.